The maximum atomic E-state index is 13.0. The fourth-order valence-corrected chi connectivity index (χ4v) is 5.21. The molecule has 0 radical (unpaired) electrons. The van der Waals surface area contributed by atoms with Crippen molar-refractivity contribution in [2.45, 2.75) is 38.2 Å². The van der Waals surface area contributed by atoms with Crippen molar-refractivity contribution in [3.05, 3.63) is 58.1 Å². The van der Waals surface area contributed by atoms with Gasteiger partial charge in [0.2, 0.25) is 5.91 Å². The highest BCUT2D eigenvalue weighted by molar-refractivity contribution is 7.85. The molecule has 0 fully saturated rings. The molecule has 0 aliphatic carbocycles. The summed E-state index contributed by atoms with van der Waals surface area (Å²) in [4.78, 5) is 14.8. The highest BCUT2D eigenvalue weighted by atomic mass is 35.5. The van der Waals surface area contributed by atoms with Crippen LogP contribution < -0.4 is 9.64 Å². The van der Waals surface area contributed by atoms with E-state index in [2.05, 4.69) is 6.07 Å². The first-order chi connectivity index (χ1) is 13.5. The largest absolute Gasteiger partial charge is 0.467 e. The molecule has 28 heavy (non-hydrogen) atoms. The molecule has 2 aliphatic heterocycles. The van der Waals surface area contributed by atoms with Gasteiger partial charge in [-0.1, -0.05) is 29.8 Å². The average molecular weight is 420 g/mol. The van der Waals surface area contributed by atoms with Crippen LogP contribution in [-0.2, 0) is 39.1 Å². The topological polar surface area (TPSA) is 55.8 Å². The second kappa shape index (κ2) is 8.23. The number of hydrogen-bond acceptors (Lipinski definition) is 4. The lowest BCUT2D eigenvalue weighted by molar-refractivity contribution is -0.116. The first kappa shape index (κ1) is 19.4. The average Bonchev–Trinajstić information content (AvgIpc) is 2.67. The van der Waals surface area contributed by atoms with Gasteiger partial charge in [-0.05, 0) is 43.5 Å². The maximum absolute atomic E-state index is 13.0. The fraction of sp³-hybridized carbons (Fsp3) is 0.381. The highest BCUT2D eigenvalue weighted by Crippen LogP contribution is 2.33. The summed E-state index contributed by atoms with van der Waals surface area (Å²) in [7, 11) is -1.37. The zero-order valence-corrected chi connectivity index (χ0v) is 17.2. The minimum Gasteiger partial charge on any atom is -0.467 e. The van der Waals surface area contributed by atoms with E-state index in [1.54, 1.807) is 17.0 Å². The van der Waals surface area contributed by atoms with Gasteiger partial charge in [0.15, 0.2) is 6.79 Å². The van der Waals surface area contributed by atoms with E-state index in [1.165, 1.54) is 0 Å². The zero-order chi connectivity index (χ0) is 19.7. The summed E-state index contributed by atoms with van der Waals surface area (Å²) in [6, 6.07) is 11.6. The van der Waals surface area contributed by atoms with Gasteiger partial charge in [-0.2, -0.15) is 0 Å². The van der Waals surface area contributed by atoms with E-state index in [0.717, 1.165) is 35.2 Å². The number of hydrogen-bond donors (Lipinski definition) is 0. The summed E-state index contributed by atoms with van der Waals surface area (Å²) in [5.41, 5.74) is 3.69. The molecule has 7 heteroatoms. The van der Waals surface area contributed by atoms with Crippen molar-refractivity contribution in [2.24, 2.45) is 0 Å². The molecule has 5 nitrogen and oxygen atoms in total. The number of carbonyl (C=O) groups excluding carboxylic acids is 1. The molecule has 0 N–H and O–H groups in total. The Morgan fingerprint density at radius 1 is 1.29 bits per heavy atom. The maximum Gasteiger partial charge on any atom is 0.239 e. The molecule has 0 unspecified atom stereocenters. The predicted molar refractivity (Wildman–Crippen MR) is 110 cm³/mol. The Kier molecular flexibility index (Phi) is 5.71. The number of anilines is 1. The third-order valence-electron chi connectivity index (χ3n) is 5.14. The molecular weight excluding hydrogens is 398 g/mol. The monoisotopic (exact) mass is 419 g/mol. The smallest absolute Gasteiger partial charge is 0.239 e. The van der Waals surface area contributed by atoms with Crippen LogP contribution in [0, 0.1) is 0 Å². The third-order valence-corrected chi connectivity index (χ3v) is 6.56. The van der Waals surface area contributed by atoms with Crippen LogP contribution in [-0.4, -0.2) is 28.7 Å². The number of para-hydroxylation sites is 1. The number of amides is 1. The molecule has 4 rings (SSSR count). The van der Waals surface area contributed by atoms with E-state index in [0.29, 0.717) is 17.4 Å². The SMILES string of the molecule is C[C@@H]1CCc2ccccc2N1C(=O)C[S@](=O)Cc1cc(Cl)cc2c1OCOC2. The van der Waals surface area contributed by atoms with E-state index in [4.69, 9.17) is 21.1 Å². The molecule has 148 valence electrons. The van der Waals surface area contributed by atoms with Gasteiger partial charge in [-0.3, -0.25) is 9.00 Å². The van der Waals surface area contributed by atoms with E-state index in [1.807, 2.05) is 25.1 Å². The number of benzene rings is 2. The van der Waals surface area contributed by atoms with Gasteiger partial charge in [-0.15, -0.1) is 0 Å². The van der Waals surface area contributed by atoms with Crippen molar-refractivity contribution in [3.8, 4) is 5.75 Å². The predicted octanol–water partition coefficient (Wildman–Crippen LogP) is 3.82. The Bertz CT molecular complexity index is 933. The van der Waals surface area contributed by atoms with E-state index in [-0.39, 0.29) is 30.2 Å². The Morgan fingerprint density at radius 2 is 2.11 bits per heavy atom. The van der Waals surface area contributed by atoms with Crippen LogP contribution in [0.1, 0.15) is 30.0 Å². The summed E-state index contributed by atoms with van der Waals surface area (Å²) in [6.07, 6.45) is 1.86. The minimum atomic E-state index is -1.37. The summed E-state index contributed by atoms with van der Waals surface area (Å²) in [5.74, 6) is 0.751. The number of ether oxygens (including phenoxy) is 2. The molecule has 0 saturated carbocycles. The molecule has 2 aliphatic rings. The van der Waals surface area contributed by atoms with Gasteiger partial charge in [0.1, 0.15) is 11.5 Å². The molecule has 2 atom stereocenters. The molecule has 2 aromatic rings. The molecule has 0 saturated heterocycles. The Hall–Kier alpha value is -1.89. The zero-order valence-electron chi connectivity index (χ0n) is 15.7. The summed E-state index contributed by atoms with van der Waals surface area (Å²) >= 11 is 6.18. The second-order valence-electron chi connectivity index (χ2n) is 7.17. The van der Waals surface area contributed by atoms with E-state index < -0.39 is 10.8 Å². The van der Waals surface area contributed by atoms with Crippen LogP contribution in [0.25, 0.3) is 0 Å². The highest BCUT2D eigenvalue weighted by Gasteiger charge is 2.29. The molecule has 0 spiro atoms. The Balaban J connectivity index is 1.51. The lowest BCUT2D eigenvalue weighted by Crippen LogP contribution is -2.44. The molecule has 2 heterocycles. The van der Waals surface area contributed by atoms with Crippen LogP contribution in [0.4, 0.5) is 5.69 Å². The van der Waals surface area contributed by atoms with Crippen molar-refractivity contribution < 1.29 is 18.5 Å². The van der Waals surface area contributed by atoms with Crippen LogP contribution in [0.15, 0.2) is 36.4 Å². The van der Waals surface area contributed by atoms with Crippen LogP contribution >= 0.6 is 11.6 Å². The Morgan fingerprint density at radius 3 is 2.96 bits per heavy atom. The third kappa shape index (κ3) is 3.95. The van der Waals surface area contributed by atoms with Gasteiger partial charge >= 0.3 is 0 Å². The lowest BCUT2D eigenvalue weighted by atomic mass is 9.97. The van der Waals surface area contributed by atoms with Crippen LogP contribution in [0.5, 0.6) is 5.75 Å². The van der Waals surface area contributed by atoms with Crippen molar-refractivity contribution >= 4 is 34.0 Å². The molecule has 1 amide bonds. The van der Waals surface area contributed by atoms with Crippen LogP contribution in [0.2, 0.25) is 5.02 Å². The number of aryl methyl sites for hydroxylation is 1. The number of carbonyl (C=O) groups is 1. The summed E-state index contributed by atoms with van der Waals surface area (Å²) in [6.45, 7) is 2.61. The first-order valence-electron chi connectivity index (χ1n) is 9.29. The van der Waals surface area contributed by atoms with Crippen molar-refractivity contribution in [1.82, 2.24) is 0 Å². The number of nitrogens with zero attached hydrogens (tertiary/aromatic N) is 1. The van der Waals surface area contributed by atoms with Crippen molar-refractivity contribution in [3.63, 3.8) is 0 Å². The lowest BCUT2D eigenvalue weighted by Gasteiger charge is -2.35. The molecule has 0 aromatic heterocycles. The van der Waals surface area contributed by atoms with Gasteiger partial charge in [-0.25, -0.2) is 0 Å². The van der Waals surface area contributed by atoms with E-state index in [9.17, 15) is 9.00 Å². The van der Waals surface area contributed by atoms with Gasteiger partial charge in [0.05, 0.1) is 12.4 Å². The quantitative estimate of drug-likeness (QED) is 0.755. The Labute approximate surface area is 172 Å². The molecular formula is C21H22ClNO4S. The standard InChI is InChI=1S/C21H22ClNO4S/c1-14-6-7-15-4-2-3-5-19(15)23(14)20(24)12-28(25)11-17-9-18(22)8-16-10-26-13-27-21(16)17/h2-5,8-9,14H,6-7,10-13H2,1H3/t14-,28-/m1/s1. The fourth-order valence-electron chi connectivity index (χ4n) is 3.86. The minimum absolute atomic E-state index is 0.0313. The van der Waals surface area contributed by atoms with Crippen molar-refractivity contribution in [1.29, 1.82) is 0 Å². The van der Waals surface area contributed by atoms with Crippen LogP contribution in [0.3, 0.4) is 0 Å². The van der Waals surface area contributed by atoms with Crippen molar-refractivity contribution in [2.75, 3.05) is 17.4 Å². The van der Waals surface area contributed by atoms with E-state index >= 15 is 0 Å². The number of fused-ring (bicyclic) bond motifs is 2. The first-order valence-corrected chi connectivity index (χ1v) is 11.2. The van der Waals surface area contributed by atoms with Gasteiger partial charge in [0, 0.05) is 38.7 Å². The molecule has 2 aromatic carbocycles. The summed E-state index contributed by atoms with van der Waals surface area (Å²) < 4.78 is 23.7. The molecule has 0 bridgehead atoms. The number of halogens is 1. The summed E-state index contributed by atoms with van der Waals surface area (Å²) in [5, 5.41) is 0.546. The van der Waals surface area contributed by atoms with Gasteiger partial charge in [0.25, 0.3) is 0 Å². The normalized spacial score (nSPS) is 19.4. The van der Waals surface area contributed by atoms with Gasteiger partial charge < -0.3 is 14.4 Å². The number of rotatable bonds is 4. The second-order valence-corrected chi connectivity index (χ2v) is 9.07.